The highest BCUT2D eigenvalue weighted by Gasteiger charge is 2.38. The summed E-state index contributed by atoms with van der Waals surface area (Å²) in [5, 5.41) is 9.94. The molecule has 0 unspecified atom stereocenters. The van der Waals surface area contributed by atoms with Crippen LogP contribution in [0.4, 0.5) is 5.69 Å². The summed E-state index contributed by atoms with van der Waals surface area (Å²) in [6, 6.07) is 0.926. The van der Waals surface area contributed by atoms with Crippen LogP contribution in [0.3, 0.4) is 0 Å². The third-order valence-corrected chi connectivity index (χ3v) is 7.52. The van der Waals surface area contributed by atoms with Gasteiger partial charge in [-0.25, -0.2) is 4.79 Å². The Balaban J connectivity index is 2.03. The van der Waals surface area contributed by atoms with Crippen molar-refractivity contribution in [1.29, 1.82) is 0 Å². The average Bonchev–Trinajstić information content (AvgIpc) is 3.42. The second kappa shape index (κ2) is 10.3. The maximum absolute atomic E-state index is 13.8. The van der Waals surface area contributed by atoms with E-state index in [0.29, 0.717) is 29.6 Å². The first-order chi connectivity index (χ1) is 15.5. The van der Waals surface area contributed by atoms with Crippen LogP contribution < -0.4 is 4.90 Å². The van der Waals surface area contributed by atoms with E-state index in [4.69, 9.17) is 0 Å². The van der Waals surface area contributed by atoms with Crippen LogP contribution in [-0.2, 0) is 9.59 Å². The molecule has 2 fully saturated rings. The van der Waals surface area contributed by atoms with Gasteiger partial charge in [0.15, 0.2) is 0 Å². The number of thiophene rings is 1. The van der Waals surface area contributed by atoms with Crippen molar-refractivity contribution in [2.75, 3.05) is 18.0 Å². The first-order valence-corrected chi connectivity index (χ1v) is 12.8. The van der Waals surface area contributed by atoms with Crippen LogP contribution in [0.1, 0.15) is 87.7 Å². The first-order valence-electron chi connectivity index (χ1n) is 12.0. The summed E-state index contributed by atoms with van der Waals surface area (Å²) >= 11 is 1.07. The van der Waals surface area contributed by atoms with Crippen molar-refractivity contribution < 1.29 is 19.5 Å². The van der Waals surface area contributed by atoms with Crippen LogP contribution in [0.25, 0.3) is 0 Å². The quantitative estimate of drug-likeness (QED) is 0.611. The third kappa shape index (κ3) is 6.17. The minimum Gasteiger partial charge on any atom is -0.477 e. The monoisotopic (exact) mass is 472 g/mol. The van der Waals surface area contributed by atoms with Gasteiger partial charge in [-0.15, -0.1) is 11.3 Å². The van der Waals surface area contributed by atoms with Crippen molar-refractivity contribution >= 4 is 34.8 Å². The van der Waals surface area contributed by atoms with Crippen LogP contribution in [0, 0.1) is 29.1 Å². The van der Waals surface area contributed by atoms with Gasteiger partial charge < -0.3 is 10.0 Å². The van der Waals surface area contributed by atoms with Gasteiger partial charge in [-0.2, -0.15) is 0 Å². The highest BCUT2D eigenvalue weighted by atomic mass is 32.1. The molecule has 33 heavy (non-hydrogen) atoms. The average molecular weight is 473 g/mol. The fourth-order valence-corrected chi connectivity index (χ4v) is 5.40. The fourth-order valence-electron chi connectivity index (χ4n) is 4.56. The Morgan fingerprint density at radius 2 is 1.76 bits per heavy atom. The number of anilines is 1. The molecular weight excluding hydrogens is 436 g/mol. The van der Waals surface area contributed by atoms with Crippen molar-refractivity contribution in [3.63, 3.8) is 0 Å². The number of amides is 2. The molecule has 1 saturated heterocycles. The van der Waals surface area contributed by atoms with Gasteiger partial charge in [-0.05, 0) is 78.2 Å². The van der Waals surface area contributed by atoms with E-state index in [-0.39, 0.29) is 28.0 Å². The van der Waals surface area contributed by atoms with E-state index < -0.39 is 12.0 Å². The number of nitrogens with zero attached hydrogens (tertiary/aromatic N) is 2. The highest BCUT2D eigenvalue weighted by Crippen LogP contribution is 2.36. The zero-order valence-corrected chi connectivity index (χ0v) is 21.3. The molecule has 0 bridgehead atoms. The Morgan fingerprint density at radius 1 is 1.15 bits per heavy atom. The molecule has 6 nitrogen and oxygen atoms in total. The number of aromatic carboxylic acids is 1. The normalized spacial score (nSPS) is 21.8. The lowest BCUT2D eigenvalue weighted by atomic mass is 9.82. The molecule has 1 aromatic heterocycles. The summed E-state index contributed by atoms with van der Waals surface area (Å²) in [6.45, 7) is 11.3. The van der Waals surface area contributed by atoms with Gasteiger partial charge in [0.05, 0.1) is 10.6 Å². The van der Waals surface area contributed by atoms with E-state index >= 15 is 0 Å². The van der Waals surface area contributed by atoms with Crippen LogP contribution in [0.5, 0.6) is 0 Å². The van der Waals surface area contributed by atoms with Crippen LogP contribution >= 0.6 is 11.3 Å². The summed E-state index contributed by atoms with van der Waals surface area (Å²) in [5.74, 6) is 5.25. The number of hydrogen-bond acceptors (Lipinski definition) is 4. The Bertz CT molecular complexity index is 951. The number of carboxylic acid groups (broad SMARTS) is 1. The van der Waals surface area contributed by atoms with Gasteiger partial charge in [-0.3, -0.25) is 14.5 Å². The van der Waals surface area contributed by atoms with Crippen molar-refractivity contribution in [3.05, 3.63) is 15.8 Å². The fraction of sp³-hybridized carbons (Fsp3) is 0.654. The summed E-state index contributed by atoms with van der Waals surface area (Å²) in [6.07, 6.45) is 5.39. The van der Waals surface area contributed by atoms with Crippen molar-refractivity contribution in [2.45, 2.75) is 79.2 Å². The Kier molecular flexibility index (Phi) is 7.89. The molecule has 2 amide bonds. The lowest BCUT2D eigenvalue weighted by Gasteiger charge is -2.35. The molecule has 1 atom stereocenters. The van der Waals surface area contributed by atoms with E-state index in [1.807, 2.05) is 20.8 Å². The molecule has 0 spiro atoms. The highest BCUT2D eigenvalue weighted by molar-refractivity contribution is 7.15. The Morgan fingerprint density at radius 3 is 2.30 bits per heavy atom. The first kappa shape index (κ1) is 25.3. The molecule has 180 valence electrons. The predicted molar refractivity (Wildman–Crippen MR) is 131 cm³/mol. The summed E-state index contributed by atoms with van der Waals surface area (Å²) < 4.78 is 0. The van der Waals surface area contributed by atoms with Gasteiger partial charge in [-0.1, -0.05) is 18.8 Å². The molecule has 7 heteroatoms. The van der Waals surface area contributed by atoms with E-state index in [2.05, 4.69) is 18.8 Å². The Hall–Kier alpha value is -2.33. The minimum atomic E-state index is -1.10. The van der Waals surface area contributed by atoms with Gasteiger partial charge >= 0.3 is 5.97 Å². The number of carbonyl (C=O) groups is 3. The number of carboxylic acids is 1. The molecule has 1 N–H and O–H groups in total. The molecule has 1 saturated carbocycles. The molecule has 0 aromatic carbocycles. The number of hydrogen-bond donors (Lipinski definition) is 1. The largest absolute Gasteiger partial charge is 0.477 e. The number of likely N-dealkylation sites (tertiary alicyclic amines) is 1. The molecule has 1 aliphatic heterocycles. The second-order valence-corrected chi connectivity index (χ2v) is 11.6. The summed E-state index contributed by atoms with van der Waals surface area (Å²) in [5.41, 5.74) is 0.0651. The molecule has 1 aliphatic carbocycles. The maximum Gasteiger partial charge on any atom is 0.348 e. The minimum absolute atomic E-state index is 0.0619. The third-order valence-electron chi connectivity index (χ3n) is 6.49. The second-order valence-electron chi connectivity index (χ2n) is 10.5. The van der Waals surface area contributed by atoms with Gasteiger partial charge in [0, 0.05) is 24.4 Å². The molecule has 2 heterocycles. The molecular formula is C26H36N2O4S. The van der Waals surface area contributed by atoms with E-state index in [0.717, 1.165) is 49.9 Å². The van der Waals surface area contributed by atoms with Gasteiger partial charge in [0.25, 0.3) is 0 Å². The van der Waals surface area contributed by atoms with Crippen LogP contribution in [0.15, 0.2) is 6.07 Å². The molecule has 3 rings (SSSR count). The zero-order chi connectivity index (χ0) is 24.3. The van der Waals surface area contributed by atoms with Crippen molar-refractivity contribution in [1.82, 2.24) is 4.90 Å². The van der Waals surface area contributed by atoms with Crippen molar-refractivity contribution in [3.8, 4) is 11.8 Å². The Labute approximate surface area is 201 Å². The van der Waals surface area contributed by atoms with E-state index in [1.54, 1.807) is 17.9 Å². The van der Waals surface area contributed by atoms with Crippen molar-refractivity contribution in [2.24, 2.45) is 17.3 Å². The predicted octanol–water partition coefficient (Wildman–Crippen LogP) is 5.01. The van der Waals surface area contributed by atoms with E-state index in [1.165, 1.54) is 4.90 Å². The number of carbonyl (C=O) groups excluding carboxylic acids is 2. The maximum atomic E-state index is 13.8. The van der Waals surface area contributed by atoms with E-state index in [9.17, 15) is 19.5 Å². The SMILES string of the molecule is CC1CCC(C(=O)N(c2cc(C#CC(C)(C)C)sc2C(=O)O)[C@H](C)C(=O)N2CCCC2)CC1. The summed E-state index contributed by atoms with van der Waals surface area (Å²) in [4.78, 5) is 43.2. The smallest absolute Gasteiger partial charge is 0.348 e. The molecule has 0 radical (unpaired) electrons. The van der Waals surface area contributed by atoms with Gasteiger partial charge in [0.2, 0.25) is 11.8 Å². The lowest BCUT2D eigenvalue weighted by Crippen LogP contribution is -2.51. The van der Waals surface area contributed by atoms with Crippen LogP contribution in [-0.4, -0.2) is 46.9 Å². The molecule has 1 aromatic rings. The topological polar surface area (TPSA) is 77.9 Å². The van der Waals surface area contributed by atoms with Crippen LogP contribution in [0.2, 0.25) is 0 Å². The number of rotatable bonds is 5. The summed E-state index contributed by atoms with van der Waals surface area (Å²) in [7, 11) is 0. The lowest BCUT2D eigenvalue weighted by molar-refractivity contribution is -0.134. The van der Waals surface area contributed by atoms with Gasteiger partial charge in [0.1, 0.15) is 10.9 Å². The standard InChI is InChI=1S/C26H36N2O4S/c1-17-8-10-19(11-9-17)24(30)28(18(2)23(29)27-14-6-7-15-27)21-16-20(12-13-26(3,4)5)33-22(21)25(31)32/h16-19H,6-11,14-15H2,1-5H3,(H,31,32)/t17?,18-,19?/m1/s1. The molecule has 2 aliphatic rings. The zero-order valence-electron chi connectivity index (χ0n) is 20.4.